The Morgan fingerprint density at radius 3 is 2.18 bits per heavy atom. The van der Waals surface area contributed by atoms with Gasteiger partial charge in [0, 0.05) is 12.1 Å². The van der Waals surface area contributed by atoms with Gasteiger partial charge in [0.15, 0.2) is 5.13 Å². The molecule has 3 N–H and O–H groups in total. The van der Waals surface area contributed by atoms with Gasteiger partial charge in [0.25, 0.3) is 0 Å². The van der Waals surface area contributed by atoms with Crippen LogP contribution in [0.5, 0.6) is 5.75 Å². The molecular weight excluding hydrogens is 981 g/mol. The number of aromatic nitrogens is 1. The molecule has 0 bridgehead atoms. The fourth-order valence-electron chi connectivity index (χ4n) is 11.1. The van der Waals surface area contributed by atoms with Gasteiger partial charge in [0.2, 0.25) is 11.8 Å². The van der Waals surface area contributed by atoms with Crippen molar-refractivity contribution in [3.63, 3.8) is 0 Å². The summed E-state index contributed by atoms with van der Waals surface area (Å²) in [4.78, 5) is 86.8. The summed E-state index contributed by atoms with van der Waals surface area (Å²) in [5.41, 5.74) is 2.34. The number of aliphatic hydroxyl groups excluding tert-OH is 1. The highest BCUT2D eigenvalue weighted by Crippen LogP contribution is 2.66. The number of hydrogen-bond acceptors (Lipinski definition) is 13. The normalized spacial score (nSPS) is 21.1. The molecule has 0 aliphatic carbocycles. The number of imide groups is 1. The van der Waals surface area contributed by atoms with E-state index in [-0.39, 0.29) is 29.6 Å². The molecule has 15 nitrogen and oxygen atoms in total. The van der Waals surface area contributed by atoms with E-state index in [0.29, 0.717) is 41.0 Å². The van der Waals surface area contributed by atoms with Crippen LogP contribution in [0.4, 0.5) is 15.6 Å². The number of urea groups is 1. The van der Waals surface area contributed by atoms with Crippen molar-refractivity contribution in [1.82, 2.24) is 20.1 Å². The lowest BCUT2D eigenvalue weighted by molar-refractivity contribution is -0.177. The number of aliphatic hydroxyl groups is 1. The number of rotatable bonds is 14. The molecule has 2 fully saturated rings. The smallest absolute Gasteiger partial charge is 0.329 e. The molecule has 7 atom stereocenters. The summed E-state index contributed by atoms with van der Waals surface area (Å²) >= 11 is 1.24. The first kappa shape index (κ1) is 51.3. The van der Waals surface area contributed by atoms with Crippen molar-refractivity contribution in [3.8, 4) is 17.6 Å². The zero-order valence-electron chi connectivity index (χ0n) is 42.3. The monoisotopic (exact) mass is 1040 g/mol. The number of esters is 2. The van der Waals surface area contributed by atoms with E-state index >= 15 is 19.2 Å². The lowest BCUT2D eigenvalue weighted by atomic mass is 9.65. The van der Waals surface area contributed by atoms with Crippen molar-refractivity contribution in [3.05, 3.63) is 191 Å². The van der Waals surface area contributed by atoms with Crippen molar-refractivity contribution in [2.24, 2.45) is 11.8 Å². The molecule has 1 spiro atoms. The summed E-state index contributed by atoms with van der Waals surface area (Å²) in [6.45, 7) is 4.27. The number of morpholine rings is 1. The lowest BCUT2D eigenvalue weighted by Crippen LogP contribution is -2.57. The Morgan fingerprint density at radius 2 is 1.51 bits per heavy atom. The average molecular weight is 1040 g/mol. The van der Waals surface area contributed by atoms with E-state index < -0.39 is 77.3 Å². The number of carbonyl (C=O) groups is 5. The van der Waals surface area contributed by atoms with Gasteiger partial charge >= 0.3 is 18.0 Å². The number of thiazole rings is 1. The number of ether oxygens (including phenoxy) is 3. The van der Waals surface area contributed by atoms with E-state index in [0.717, 1.165) is 20.7 Å². The van der Waals surface area contributed by atoms with Gasteiger partial charge in [-0.15, -0.1) is 0 Å². The van der Waals surface area contributed by atoms with Crippen LogP contribution in [0.25, 0.3) is 10.2 Å². The number of anilines is 2. The van der Waals surface area contributed by atoms with E-state index in [9.17, 15) is 9.90 Å². The van der Waals surface area contributed by atoms with Crippen LogP contribution in [0.3, 0.4) is 0 Å². The molecule has 16 heteroatoms. The number of carbonyl (C=O) groups excluding carboxylic acids is 5. The van der Waals surface area contributed by atoms with E-state index in [2.05, 4.69) is 27.4 Å². The number of para-hydroxylation sites is 1. The molecular formula is C60H56N6O9S. The molecule has 2 saturated heterocycles. The molecule has 7 unspecified atom stereocenters. The highest BCUT2D eigenvalue weighted by Gasteiger charge is 2.75. The minimum absolute atomic E-state index is 0.0142. The molecule has 386 valence electrons. The maximum atomic E-state index is 16.8. The zero-order chi connectivity index (χ0) is 53.1. The molecule has 4 heterocycles. The van der Waals surface area contributed by atoms with Crippen LogP contribution in [0.15, 0.2) is 158 Å². The van der Waals surface area contributed by atoms with Gasteiger partial charge in [-0.2, -0.15) is 0 Å². The third kappa shape index (κ3) is 9.58. The SMILES string of the molecule is COC(=O)C(NC(=O)N1C(=O)C2(c3cc(C#CCN(C)Cc4ccccc4)ccc31)C(C(=O)Nc1nc3ccccc3s1)C1C(=O)OC(c3ccccc3)C(c3ccccc3)N1C2c1ccc(OCCO)cc1)C(C)C. The third-order valence-electron chi connectivity index (χ3n) is 14.3. The second-order valence-electron chi connectivity index (χ2n) is 19.4. The number of hydrogen-bond donors (Lipinski definition) is 3. The number of fused-ring (bicyclic) bond motifs is 4. The van der Waals surface area contributed by atoms with Crippen molar-refractivity contribution in [1.29, 1.82) is 0 Å². The topological polar surface area (TPSA) is 180 Å². The van der Waals surface area contributed by atoms with Gasteiger partial charge in [0.05, 0.1) is 54.2 Å². The van der Waals surface area contributed by atoms with Gasteiger partial charge in [0.1, 0.15) is 36.0 Å². The van der Waals surface area contributed by atoms with Crippen LogP contribution >= 0.6 is 11.3 Å². The Balaban J connectivity index is 1.24. The Hall–Kier alpha value is -8.20. The number of cyclic esters (lactones) is 1. The van der Waals surface area contributed by atoms with E-state index in [1.165, 1.54) is 18.4 Å². The Morgan fingerprint density at radius 1 is 0.842 bits per heavy atom. The van der Waals surface area contributed by atoms with Crippen LogP contribution in [-0.4, -0.2) is 95.7 Å². The summed E-state index contributed by atoms with van der Waals surface area (Å²) in [6, 6.07) is 42.6. The minimum atomic E-state index is -2.14. The van der Waals surface area contributed by atoms with E-state index in [4.69, 9.17) is 19.2 Å². The van der Waals surface area contributed by atoms with Gasteiger partial charge in [-0.25, -0.2) is 19.5 Å². The minimum Gasteiger partial charge on any atom is -0.491 e. The molecule has 0 radical (unpaired) electrons. The van der Waals surface area contributed by atoms with Crippen LogP contribution in [0.2, 0.25) is 0 Å². The van der Waals surface area contributed by atoms with Crippen molar-refractivity contribution in [2.75, 3.05) is 44.1 Å². The molecule has 0 saturated carbocycles. The van der Waals surface area contributed by atoms with Gasteiger partial charge < -0.3 is 30.0 Å². The average Bonchev–Trinajstić information content (AvgIpc) is 4.23. The third-order valence-corrected chi connectivity index (χ3v) is 15.3. The number of amides is 4. The second-order valence-corrected chi connectivity index (χ2v) is 20.4. The maximum Gasteiger partial charge on any atom is 0.329 e. The Bertz CT molecular complexity index is 3310. The quantitative estimate of drug-likeness (QED) is 0.0701. The standard InChI is InChI=1S/C60H56N6O9S/c1-37(2)49(55(69)73-4)62-59(72)65-46-31-26-38(19-16-32-64(3)36-39-17-8-5-9-18-39)35-44(46)60(57(65)71)48(54(68)63-58-61-45-24-14-15-25-47(45)76-58)51-56(70)75-52(41-22-12-7-13-23-41)50(40-20-10-6-11-21-40)66(51)53(60)42-27-29-43(30-28-42)74-34-33-67/h5-15,17-18,20-31,35,37,48-53,67H,32-34,36H2,1-4H3,(H,62,72)(H,61,63,68). The number of benzene rings is 6. The van der Waals surface area contributed by atoms with Crippen molar-refractivity contribution < 1.29 is 43.3 Å². The lowest BCUT2D eigenvalue weighted by Gasteiger charge is -2.46. The first-order valence-corrected chi connectivity index (χ1v) is 25.9. The van der Waals surface area contributed by atoms with Crippen molar-refractivity contribution >= 4 is 62.2 Å². The molecule has 10 rings (SSSR count). The molecule has 6 aromatic carbocycles. The second kappa shape index (κ2) is 21.9. The van der Waals surface area contributed by atoms with E-state index in [1.54, 1.807) is 56.3 Å². The summed E-state index contributed by atoms with van der Waals surface area (Å²) in [5, 5.41) is 15.8. The summed E-state index contributed by atoms with van der Waals surface area (Å²) in [6.07, 6.45) is -0.961. The summed E-state index contributed by atoms with van der Waals surface area (Å²) in [7, 11) is 3.18. The predicted molar refractivity (Wildman–Crippen MR) is 288 cm³/mol. The van der Waals surface area contributed by atoms with Crippen LogP contribution < -0.4 is 20.3 Å². The first-order valence-electron chi connectivity index (χ1n) is 25.1. The Labute approximate surface area is 444 Å². The summed E-state index contributed by atoms with van der Waals surface area (Å²) in [5.74, 6) is 1.87. The molecule has 4 amide bonds. The number of nitrogens with one attached hydrogen (secondary N) is 2. The molecule has 1 aromatic heterocycles. The highest BCUT2D eigenvalue weighted by atomic mass is 32.1. The van der Waals surface area contributed by atoms with Crippen LogP contribution in [-0.2, 0) is 40.6 Å². The van der Waals surface area contributed by atoms with Crippen LogP contribution in [0.1, 0.15) is 65.4 Å². The molecule has 76 heavy (non-hydrogen) atoms. The maximum absolute atomic E-state index is 16.8. The van der Waals surface area contributed by atoms with Crippen molar-refractivity contribution in [2.45, 2.75) is 56.1 Å². The van der Waals surface area contributed by atoms with E-state index in [1.807, 2.05) is 127 Å². The Kier molecular flexibility index (Phi) is 14.8. The van der Waals surface area contributed by atoms with Gasteiger partial charge in [-0.3, -0.25) is 24.2 Å². The van der Waals surface area contributed by atoms with Gasteiger partial charge in [-0.05, 0) is 83.2 Å². The number of methoxy groups -OCH3 is 1. The fraction of sp³-hybridized carbons (Fsp3) is 0.267. The zero-order valence-corrected chi connectivity index (χ0v) is 43.1. The largest absolute Gasteiger partial charge is 0.491 e. The highest BCUT2D eigenvalue weighted by molar-refractivity contribution is 7.22. The fourth-order valence-corrected chi connectivity index (χ4v) is 11.9. The molecule has 3 aliphatic rings. The van der Waals surface area contributed by atoms with Gasteiger partial charge in [-0.1, -0.05) is 152 Å². The van der Waals surface area contributed by atoms with Crippen LogP contribution in [0, 0.1) is 23.7 Å². The predicted octanol–water partition coefficient (Wildman–Crippen LogP) is 8.36. The molecule has 7 aromatic rings. The number of nitrogens with zero attached hydrogens (tertiary/aromatic N) is 4. The first-order chi connectivity index (χ1) is 36.9. The summed E-state index contributed by atoms with van der Waals surface area (Å²) < 4.78 is 18.4. The molecule has 3 aliphatic heterocycles.